The first-order chi connectivity index (χ1) is 67.1. The molecule has 15 atom stereocenters. The van der Waals surface area contributed by atoms with Gasteiger partial charge in [-0.1, -0.05) is 117 Å². The molecule has 6 aromatic rings. The summed E-state index contributed by atoms with van der Waals surface area (Å²) in [5, 5.41) is 64.1. The molecule has 42 nitrogen and oxygen atoms in total. The van der Waals surface area contributed by atoms with Crippen LogP contribution in [0, 0.1) is 80.0 Å². The van der Waals surface area contributed by atoms with E-state index in [2.05, 4.69) is 24.2 Å². The van der Waals surface area contributed by atoms with Crippen molar-refractivity contribution in [2.75, 3.05) is 109 Å². The highest BCUT2D eigenvalue weighted by atomic mass is 32.2. The molecule has 3 amide bonds. The second-order valence-corrected chi connectivity index (χ2v) is 38.7. The van der Waals surface area contributed by atoms with Gasteiger partial charge in [0.25, 0.3) is 0 Å². The van der Waals surface area contributed by atoms with E-state index < -0.39 is 238 Å². The fourth-order valence-electron chi connectivity index (χ4n) is 16.6. The number of carbonyl (C=O) groups is 13. The number of aryl methyl sites for hydroxylation is 3. The van der Waals surface area contributed by atoms with Crippen LogP contribution in [0.5, 0.6) is 34.5 Å². The van der Waals surface area contributed by atoms with E-state index in [0.717, 1.165) is 93.5 Å². The highest BCUT2D eigenvalue weighted by Crippen LogP contribution is 2.44. The number of aromatic hydroxyl groups is 3. The summed E-state index contributed by atoms with van der Waals surface area (Å²) < 4.78 is 146. The number of methoxy groups -OCH3 is 8. The normalized spacial score (nSPS) is 18.2. The fourth-order valence-corrected chi connectivity index (χ4v) is 20.4. The number of cyclic esters (lactones) is 4. The molecule has 0 spiro atoms. The van der Waals surface area contributed by atoms with Crippen LogP contribution in [-0.4, -0.2) is 278 Å². The zero-order valence-corrected chi connectivity index (χ0v) is 84.5. The first-order valence-electron chi connectivity index (χ1n) is 45.4. The van der Waals surface area contributed by atoms with Crippen molar-refractivity contribution >= 4 is 107 Å². The Morgan fingerprint density at radius 1 is 0.451 bits per heavy atom. The summed E-state index contributed by atoms with van der Waals surface area (Å²) in [5.74, 6) is -28.2. The third kappa shape index (κ3) is 30.0. The molecule has 142 heavy (non-hydrogen) atoms. The zero-order valence-electron chi connectivity index (χ0n) is 82.0. The Balaban J connectivity index is 0.000000598. The summed E-state index contributed by atoms with van der Waals surface area (Å²) in [4.78, 5) is 173. The number of ether oxygens (including phenoxy) is 11. The number of carbonyl (C=O) groups excluding carboxylic acids is 11. The quantitative estimate of drug-likeness (QED) is 0.00489. The molecule has 3 saturated heterocycles. The molecule has 12 N–H and O–H groups in total. The molecular weight excluding hydrogens is 1920 g/mol. The molecule has 0 saturated carbocycles. The van der Waals surface area contributed by atoms with E-state index in [-0.39, 0.29) is 120 Å². The zero-order chi connectivity index (χ0) is 106. The number of phenols is 3. The van der Waals surface area contributed by atoms with Gasteiger partial charge >= 0.3 is 41.8 Å². The van der Waals surface area contributed by atoms with E-state index in [9.17, 15) is 104 Å². The number of nitrogens with zero attached hydrogens (tertiary/aromatic N) is 1. The van der Waals surface area contributed by atoms with Crippen molar-refractivity contribution in [1.82, 2.24) is 24.4 Å². The number of esters is 5. The molecule has 6 aromatic carbocycles. The highest BCUT2D eigenvalue weighted by Gasteiger charge is 2.57. The number of aliphatic carboxylic acids is 2. The van der Waals surface area contributed by atoms with Gasteiger partial charge in [0.15, 0.2) is 17.3 Å². The van der Waals surface area contributed by atoms with Crippen molar-refractivity contribution in [2.24, 2.45) is 64.9 Å². The van der Waals surface area contributed by atoms with Crippen LogP contribution in [0.25, 0.3) is 0 Å². The lowest BCUT2D eigenvalue weighted by molar-refractivity contribution is -0.168. The topological polar surface area (TPSA) is 625 Å². The minimum atomic E-state index is -4.65. The first-order valence-corrected chi connectivity index (χ1v) is 49.9. The highest BCUT2D eigenvalue weighted by molar-refractivity contribution is 7.90. The number of phenolic OH excluding ortho intramolecular Hbond substituents is 3. The molecule has 0 bridgehead atoms. The van der Waals surface area contributed by atoms with Crippen LogP contribution in [0.1, 0.15) is 157 Å². The van der Waals surface area contributed by atoms with E-state index in [1.54, 1.807) is 83.1 Å². The third-order valence-corrected chi connectivity index (χ3v) is 28.8. The van der Waals surface area contributed by atoms with Crippen LogP contribution in [0.3, 0.4) is 0 Å². The van der Waals surface area contributed by atoms with Crippen molar-refractivity contribution in [3.05, 3.63) is 159 Å². The molecular formula is C97H128N6O36S3. The van der Waals surface area contributed by atoms with Crippen LogP contribution in [0.2, 0.25) is 0 Å². The van der Waals surface area contributed by atoms with Gasteiger partial charge in [0.05, 0.1) is 134 Å². The van der Waals surface area contributed by atoms with Crippen molar-refractivity contribution in [3.8, 4) is 34.5 Å². The number of nitrogens with two attached hydrogens (primary N) is 1. The van der Waals surface area contributed by atoms with Crippen molar-refractivity contribution in [1.29, 1.82) is 0 Å². The Morgan fingerprint density at radius 2 is 0.803 bits per heavy atom. The number of nitrogens with one attached hydrogen (secondary N) is 4. The summed E-state index contributed by atoms with van der Waals surface area (Å²) in [6.45, 7) is 13.9. The van der Waals surface area contributed by atoms with Gasteiger partial charge in [0, 0.05) is 110 Å². The van der Waals surface area contributed by atoms with Crippen LogP contribution in [0.4, 0.5) is 0 Å². The van der Waals surface area contributed by atoms with E-state index in [0.29, 0.717) is 24.9 Å². The molecule has 3 aliphatic heterocycles. The van der Waals surface area contributed by atoms with Gasteiger partial charge in [-0.2, -0.15) is 0 Å². The summed E-state index contributed by atoms with van der Waals surface area (Å²) in [5.41, 5.74) is 7.82. The van der Waals surface area contributed by atoms with Crippen LogP contribution < -0.4 is 39.4 Å². The molecule has 780 valence electrons. The second kappa shape index (κ2) is 54.9. The smallest absolute Gasteiger partial charge is 0.320 e. The summed E-state index contributed by atoms with van der Waals surface area (Å²) in [6, 6.07) is 25.4. The van der Waals surface area contributed by atoms with Gasteiger partial charge in [-0.15, -0.1) is 0 Å². The van der Waals surface area contributed by atoms with Gasteiger partial charge in [0.1, 0.15) is 49.2 Å². The fraction of sp³-hybridized carbons (Fsp3) is 0.495. The number of likely N-dealkylation sites (tertiary alicyclic amines) is 1. The van der Waals surface area contributed by atoms with Gasteiger partial charge in [-0.3, -0.25) is 67.2 Å². The van der Waals surface area contributed by atoms with Gasteiger partial charge in [-0.25, -0.2) is 39.4 Å². The number of imide groups is 1. The molecule has 0 aliphatic carbocycles. The SMILES string of the molecule is CCC(OC)C1C(=O)OC(=O)C1C.CCO.CCOC(=O)C(C(CC1C(=O)N(CCCNS(=O)(=O)c2cc(C(=O)c3ccc(C)cc3)c(O)cc2OC)C(=O)C1C(CC(C(=O)O)C(C(=O)NCCCNS(=O)(=O)c1cc(C(=O)c2ccc(C)cc2)c(O)cc1OC)C(CC)OC)OC)OC)C(CC(OC)C1C(=O)OC(=O)C1C)C(=O)O.COc1cc(O)c(C(=O)c2ccc(C)cc2)cc1S(=O)(=O)NCCCN. The molecule has 3 aliphatic rings. The number of rotatable bonds is 51. The van der Waals surface area contributed by atoms with Crippen LogP contribution in [-0.2, 0) is 116 Å². The lowest BCUT2D eigenvalue weighted by Gasteiger charge is -2.35. The Bertz CT molecular complexity index is 5800. The Hall–Kier alpha value is -12.1. The molecule has 45 heteroatoms. The number of aliphatic hydroxyl groups excluding tert-OH is 1. The predicted octanol–water partition coefficient (Wildman–Crippen LogP) is 6.43. The van der Waals surface area contributed by atoms with Crippen LogP contribution >= 0.6 is 0 Å². The number of aliphatic hydroxyl groups is 1. The maximum atomic E-state index is 15.2. The molecule has 3 fully saturated rings. The van der Waals surface area contributed by atoms with Gasteiger partial charge in [0.2, 0.25) is 47.8 Å². The number of carboxylic acid groups (broad SMARTS) is 2. The van der Waals surface area contributed by atoms with Crippen molar-refractivity contribution in [2.45, 2.75) is 159 Å². The number of ketones is 3. The van der Waals surface area contributed by atoms with E-state index in [1.807, 2.05) is 13.8 Å². The predicted molar refractivity (Wildman–Crippen MR) is 508 cm³/mol. The average Bonchev–Trinajstić information content (AvgIpc) is 1.52. The average molecular weight is 2050 g/mol. The minimum absolute atomic E-state index is 0.0164. The maximum Gasteiger partial charge on any atom is 0.320 e. The molecule has 9 rings (SSSR count). The number of amides is 3. The van der Waals surface area contributed by atoms with E-state index in [4.69, 9.17) is 58.2 Å². The lowest BCUT2D eigenvalue weighted by atomic mass is 9.74. The Kier molecular flexibility index (Phi) is 45.9. The number of carboxylic acids is 2. The number of benzene rings is 6. The number of hydrogen-bond acceptors (Lipinski definition) is 35. The molecule has 0 aromatic heterocycles. The summed E-state index contributed by atoms with van der Waals surface area (Å²) >= 11 is 0. The standard InChI is InChI=1S/C68H86N4O26S2.C18H22N2O5S.C9H14O4.C2H6O/c1-12-47(91-6)56(61(77)69-24-14-25-70-99(87,88)53-31-40(45(73)33-48(53)92-7)59(75)38-20-16-35(3)17-21-38)43(64(80)81)29-51(95-10)57-42(28-52(96-11)58(67(85)97-13-2)44(65(82)83)30-50(94-9)55-37(5)66(84)98-68(55)86)62(78)72(63(57)79)27-15-26-71-100(89,90)54-32-41(46(74)34-49(54)93-8)60(76)39-22-18-36(4)19-23-39;1-12-4-6-13(7-5-12)18(22)14-10-17(16(25-2)11-15(14)21)26(23,24)20-9-3-8-19;1-4-6(12-3)7-5(2)8(10)13-9(7)11;1-2-3/h16-23,31-34,37,42-44,47,50-52,55-58,70-71,73-74H,12-15,24-30H2,1-11H3,(H,69,77)(H,80,81)(H,82,83);4-7,10-11,20-21H,3,8-9,19H2,1-2H3;5-7H,4H2,1-3H3;3H,2H2,1H3. The monoisotopic (exact) mass is 2050 g/mol. The maximum absolute atomic E-state index is 15.2. The molecule has 0 radical (unpaired) electrons. The van der Waals surface area contributed by atoms with Crippen molar-refractivity contribution in [3.63, 3.8) is 0 Å². The van der Waals surface area contributed by atoms with E-state index in [1.165, 1.54) is 59.4 Å². The largest absolute Gasteiger partial charge is 0.507 e. The molecule has 15 unspecified atom stereocenters. The third-order valence-electron chi connectivity index (χ3n) is 24.3. The van der Waals surface area contributed by atoms with Gasteiger partial charge in [-0.05, 0) is 111 Å². The second-order valence-electron chi connectivity index (χ2n) is 33.5. The number of sulfonamides is 3. The van der Waals surface area contributed by atoms with Gasteiger partial charge < -0.3 is 93.8 Å². The first kappa shape index (κ1) is 119. The van der Waals surface area contributed by atoms with E-state index >= 15 is 9.59 Å². The summed E-state index contributed by atoms with van der Waals surface area (Å²) in [6.07, 6.45) is -7.45. The lowest BCUT2D eigenvalue weighted by Crippen LogP contribution is -2.48. The Labute approximate surface area is 824 Å². The minimum Gasteiger partial charge on any atom is -0.507 e. The Morgan fingerprint density at radius 3 is 1.12 bits per heavy atom. The molecule has 3 heterocycles. The van der Waals surface area contributed by atoms with Crippen LogP contribution in [0.15, 0.2) is 124 Å². The van der Waals surface area contributed by atoms with Crippen molar-refractivity contribution < 1.29 is 170 Å². The summed E-state index contributed by atoms with van der Waals surface area (Å²) in [7, 11) is -3.46. The number of hydrogen-bond donors (Lipinski definition) is 11.